The highest BCUT2D eigenvalue weighted by molar-refractivity contribution is 7.09. The first kappa shape index (κ1) is 11.9. The predicted octanol–water partition coefficient (Wildman–Crippen LogP) is 3.16. The van der Waals surface area contributed by atoms with Gasteiger partial charge in [-0.05, 0) is 13.8 Å². The number of nitrogens with zero attached hydrogens (tertiary/aromatic N) is 2. The first-order chi connectivity index (χ1) is 7.99. The zero-order valence-electron chi connectivity index (χ0n) is 9.37. The summed E-state index contributed by atoms with van der Waals surface area (Å²) in [6.45, 7) is 3.71. The Morgan fingerprint density at radius 2 is 2.06 bits per heavy atom. The maximum Gasteiger partial charge on any atom is 0.168 e. The molecule has 2 aromatic rings. The van der Waals surface area contributed by atoms with Gasteiger partial charge in [0.15, 0.2) is 11.6 Å². The number of rotatable bonds is 3. The van der Waals surface area contributed by atoms with Gasteiger partial charge in [0.2, 0.25) is 0 Å². The molecule has 0 saturated heterocycles. The summed E-state index contributed by atoms with van der Waals surface area (Å²) in [7, 11) is 0. The van der Waals surface area contributed by atoms with Crippen molar-refractivity contribution in [1.82, 2.24) is 9.97 Å². The van der Waals surface area contributed by atoms with Gasteiger partial charge in [-0.1, -0.05) is 0 Å². The molecule has 90 valence electrons. The molecule has 0 amide bonds. The van der Waals surface area contributed by atoms with Gasteiger partial charge in [-0.25, -0.2) is 18.7 Å². The highest BCUT2D eigenvalue weighted by atomic mass is 32.1. The SMILES string of the molecule is CC(C)(Nc1ncc(F)cc1F)c1nccs1. The molecule has 0 aliphatic rings. The average molecular weight is 255 g/mol. The van der Waals surface area contributed by atoms with E-state index in [1.807, 2.05) is 19.2 Å². The van der Waals surface area contributed by atoms with Crippen LogP contribution in [0.1, 0.15) is 18.9 Å². The second kappa shape index (κ2) is 4.37. The zero-order chi connectivity index (χ0) is 12.5. The quantitative estimate of drug-likeness (QED) is 0.915. The van der Waals surface area contributed by atoms with Crippen LogP contribution in [0.2, 0.25) is 0 Å². The van der Waals surface area contributed by atoms with Gasteiger partial charge >= 0.3 is 0 Å². The van der Waals surface area contributed by atoms with Gasteiger partial charge in [-0.2, -0.15) is 0 Å². The van der Waals surface area contributed by atoms with Crippen LogP contribution in [0.4, 0.5) is 14.6 Å². The second-order valence-corrected chi connectivity index (χ2v) is 4.97. The molecule has 2 heterocycles. The molecule has 0 radical (unpaired) electrons. The van der Waals surface area contributed by atoms with Crippen molar-refractivity contribution in [3.63, 3.8) is 0 Å². The fourth-order valence-electron chi connectivity index (χ4n) is 1.39. The minimum atomic E-state index is -0.713. The monoisotopic (exact) mass is 255 g/mol. The molecule has 0 unspecified atom stereocenters. The molecular weight excluding hydrogens is 244 g/mol. The summed E-state index contributed by atoms with van der Waals surface area (Å²) in [5.41, 5.74) is -0.556. The normalized spacial score (nSPS) is 11.5. The minimum absolute atomic E-state index is 0.0200. The smallest absolute Gasteiger partial charge is 0.168 e. The van der Waals surface area contributed by atoms with E-state index in [1.165, 1.54) is 11.3 Å². The number of anilines is 1. The fourth-order valence-corrected chi connectivity index (χ4v) is 2.11. The third-order valence-corrected chi connectivity index (χ3v) is 3.30. The number of nitrogens with one attached hydrogen (secondary N) is 1. The highest BCUT2D eigenvalue weighted by Gasteiger charge is 2.24. The number of aromatic nitrogens is 2. The van der Waals surface area contributed by atoms with E-state index in [9.17, 15) is 8.78 Å². The predicted molar refractivity (Wildman–Crippen MR) is 62.9 cm³/mol. The van der Waals surface area contributed by atoms with Gasteiger partial charge in [0.25, 0.3) is 0 Å². The van der Waals surface area contributed by atoms with Crippen molar-refractivity contribution < 1.29 is 8.78 Å². The molecule has 2 aromatic heterocycles. The highest BCUT2D eigenvalue weighted by Crippen LogP contribution is 2.27. The molecule has 0 aromatic carbocycles. The first-order valence-electron chi connectivity index (χ1n) is 4.98. The number of thiazole rings is 1. The maximum absolute atomic E-state index is 13.4. The Morgan fingerprint density at radius 3 is 2.65 bits per heavy atom. The number of halogens is 2. The topological polar surface area (TPSA) is 37.8 Å². The van der Waals surface area contributed by atoms with Crippen LogP contribution in [-0.4, -0.2) is 9.97 Å². The second-order valence-electron chi connectivity index (χ2n) is 4.07. The van der Waals surface area contributed by atoms with Crippen LogP contribution >= 0.6 is 11.3 Å². The van der Waals surface area contributed by atoms with E-state index in [0.29, 0.717) is 0 Å². The Balaban J connectivity index is 2.26. The summed E-state index contributed by atoms with van der Waals surface area (Å²) in [6.07, 6.45) is 2.65. The first-order valence-corrected chi connectivity index (χ1v) is 5.86. The van der Waals surface area contributed by atoms with Gasteiger partial charge in [-0.15, -0.1) is 11.3 Å². The van der Waals surface area contributed by atoms with Crippen molar-refractivity contribution >= 4 is 17.2 Å². The van der Waals surface area contributed by atoms with E-state index in [4.69, 9.17) is 0 Å². The lowest BCUT2D eigenvalue weighted by atomic mass is 10.1. The Bertz CT molecular complexity index is 511. The van der Waals surface area contributed by atoms with Crippen molar-refractivity contribution in [3.8, 4) is 0 Å². The summed E-state index contributed by atoms with van der Waals surface area (Å²) in [5, 5.41) is 5.56. The molecular formula is C11H11F2N3S. The molecule has 0 saturated carbocycles. The van der Waals surface area contributed by atoms with Gasteiger partial charge < -0.3 is 5.32 Å². The van der Waals surface area contributed by atoms with E-state index >= 15 is 0 Å². The minimum Gasteiger partial charge on any atom is -0.356 e. The van der Waals surface area contributed by atoms with Crippen LogP contribution in [0.25, 0.3) is 0 Å². The number of hydrogen-bond donors (Lipinski definition) is 1. The fraction of sp³-hybridized carbons (Fsp3) is 0.273. The van der Waals surface area contributed by atoms with Gasteiger partial charge in [0.05, 0.1) is 11.7 Å². The Morgan fingerprint density at radius 1 is 1.29 bits per heavy atom. The van der Waals surface area contributed by atoms with E-state index < -0.39 is 17.2 Å². The van der Waals surface area contributed by atoms with Crippen LogP contribution in [0.5, 0.6) is 0 Å². The van der Waals surface area contributed by atoms with Gasteiger partial charge in [-0.3, -0.25) is 0 Å². The van der Waals surface area contributed by atoms with Crippen LogP contribution in [-0.2, 0) is 5.54 Å². The molecule has 0 fully saturated rings. The van der Waals surface area contributed by atoms with Crippen molar-refractivity contribution in [2.45, 2.75) is 19.4 Å². The summed E-state index contributed by atoms with van der Waals surface area (Å²) in [5.74, 6) is -1.39. The summed E-state index contributed by atoms with van der Waals surface area (Å²) in [6, 6.07) is 0.799. The maximum atomic E-state index is 13.4. The van der Waals surface area contributed by atoms with Crippen molar-refractivity contribution in [1.29, 1.82) is 0 Å². The summed E-state index contributed by atoms with van der Waals surface area (Å²) >= 11 is 1.46. The molecule has 0 spiro atoms. The third kappa shape index (κ3) is 2.58. The molecule has 2 rings (SSSR count). The largest absolute Gasteiger partial charge is 0.356 e. The molecule has 17 heavy (non-hydrogen) atoms. The summed E-state index contributed by atoms with van der Waals surface area (Å²) in [4.78, 5) is 7.85. The van der Waals surface area contributed by atoms with Crippen LogP contribution in [0, 0.1) is 11.6 Å². The Kier molecular flexibility index (Phi) is 3.06. The van der Waals surface area contributed by atoms with E-state index in [2.05, 4.69) is 15.3 Å². The lowest BCUT2D eigenvalue weighted by Crippen LogP contribution is -2.28. The molecule has 0 bridgehead atoms. The standard InChI is InChI=1S/C11H11F2N3S/c1-11(2,10-14-3-4-17-10)16-9-8(13)5-7(12)6-15-9/h3-6H,1-2H3,(H,15,16). The molecule has 0 aliphatic heterocycles. The van der Waals surface area contributed by atoms with Crippen molar-refractivity contribution in [2.24, 2.45) is 0 Å². The third-order valence-electron chi connectivity index (χ3n) is 2.21. The molecule has 0 aliphatic carbocycles. The average Bonchev–Trinajstić information content (AvgIpc) is 2.76. The molecule has 1 N–H and O–H groups in total. The van der Waals surface area contributed by atoms with Crippen molar-refractivity contribution in [2.75, 3.05) is 5.32 Å². The van der Waals surface area contributed by atoms with Crippen molar-refractivity contribution in [3.05, 3.63) is 40.5 Å². The Labute approximate surface area is 102 Å². The number of hydrogen-bond acceptors (Lipinski definition) is 4. The summed E-state index contributed by atoms with van der Waals surface area (Å²) < 4.78 is 26.2. The molecule has 6 heteroatoms. The number of pyridine rings is 1. The van der Waals surface area contributed by atoms with Crippen LogP contribution in [0.15, 0.2) is 23.8 Å². The van der Waals surface area contributed by atoms with E-state index in [0.717, 1.165) is 17.3 Å². The molecule has 0 atom stereocenters. The Hall–Kier alpha value is -1.56. The zero-order valence-corrected chi connectivity index (χ0v) is 10.2. The van der Waals surface area contributed by atoms with Gasteiger partial charge in [0.1, 0.15) is 10.8 Å². The van der Waals surface area contributed by atoms with E-state index in [1.54, 1.807) is 6.20 Å². The van der Waals surface area contributed by atoms with Crippen LogP contribution in [0.3, 0.4) is 0 Å². The lowest BCUT2D eigenvalue weighted by molar-refractivity contribution is 0.554. The van der Waals surface area contributed by atoms with Crippen LogP contribution < -0.4 is 5.32 Å². The molecule has 3 nitrogen and oxygen atoms in total. The van der Waals surface area contributed by atoms with Gasteiger partial charge in [0, 0.05) is 17.6 Å². The van der Waals surface area contributed by atoms with E-state index in [-0.39, 0.29) is 5.82 Å². The lowest BCUT2D eigenvalue weighted by Gasteiger charge is -2.24.